The molecule has 3 nitrogen and oxygen atoms in total. The van der Waals surface area contributed by atoms with E-state index in [9.17, 15) is 4.79 Å². The second-order valence-electron chi connectivity index (χ2n) is 4.31. The monoisotopic (exact) mass is 231 g/mol. The fourth-order valence-corrected chi connectivity index (χ4v) is 3.56. The molecule has 88 valence electrons. The largest absolute Gasteiger partial charge is 0.481 e. The van der Waals surface area contributed by atoms with Gasteiger partial charge < -0.3 is 5.11 Å². The molecule has 0 radical (unpaired) electrons. The lowest BCUT2D eigenvalue weighted by atomic mass is 10.1. The Morgan fingerprint density at radius 2 is 2.33 bits per heavy atom. The van der Waals surface area contributed by atoms with Crippen molar-refractivity contribution in [3.8, 4) is 0 Å². The third kappa shape index (κ3) is 3.68. The van der Waals surface area contributed by atoms with Crippen molar-refractivity contribution in [2.75, 3.05) is 12.3 Å². The number of hydrogen-bond acceptors (Lipinski definition) is 3. The first-order chi connectivity index (χ1) is 7.04. The van der Waals surface area contributed by atoms with E-state index >= 15 is 0 Å². The zero-order chi connectivity index (χ0) is 11.4. The molecule has 0 aromatic rings. The van der Waals surface area contributed by atoms with Crippen molar-refractivity contribution < 1.29 is 9.90 Å². The minimum absolute atomic E-state index is 0.156. The van der Waals surface area contributed by atoms with Gasteiger partial charge >= 0.3 is 5.97 Å². The van der Waals surface area contributed by atoms with Crippen molar-refractivity contribution in [3.63, 3.8) is 0 Å². The average molecular weight is 231 g/mol. The summed E-state index contributed by atoms with van der Waals surface area (Å²) in [5, 5.41) is 9.51. The highest BCUT2D eigenvalue weighted by atomic mass is 32.2. The summed E-state index contributed by atoms with van der Waals surface area (Å²) in [7, 11) is 0. The lowest BCUT2D eigenvalue weighted by Gasteiger charge is -2.32. The van der Waals surface area contributed by atoms with Crippen LogP contribution < -0.4 is 0 Å². The predicted molar refractivity (Wildman–Crippen MR) is 64.4 cm³/mol. The molecule has 1 saturated heterocycles. The highest BCUT2D eigenvalue weighted by molar-refractivity contribution is 8.00. The maximum absolute atomic E-state index is 10.7. The van der Waals surface area contributed by atoms with E-state index in [4.69, 9.17) is 5.11 Å². The summed E-state index contributed by atoms with van der Waals surface area (Å²) >= 11 is 2.00. The quantitative estimate of drug-likeness (QED) is 0.786. The molecule has 0 bridgehead atoms. The fourth-order valence-electron chi connectivity index (χ4n) is 2.33. The normalized spacial score (nSPS) is 28.3. The minimum atomic E-state index is -0.695. The van der Waals surface area contributed by atoms with Gasteiger partial charge in [-0.25, -0.2) is 0 Å². The van der Waals surface area contributed by atoms with Gasteiger partial charge in [-0.3, -0.25) is 9.69 Å². The molecule has 0 aliphatic carbocycles. The molecule has 1 N–H and O–H groups in total. The second kappa shape index (κ2) is 5.75. The Hall–Kier alpha value is -0.220. The van der Waals surface area contributed by atoms with Crippen molar-refractivity contribution in [1.82, 2.24) is 4.90 Å². The first-order valence-corrected chi connectivity index (χ1v) is 6.68. The van der Waals surface area contributed by atoms with Crippen LogP contribution in [0.5, 0.6) is 0 Å². The molecule has 1 heterocycles. The van der Waals surface area contributed by atoms with Gasteiger partial charge in [0, 0.05) is 23.1 Å². The number of carboxylic acid groups (broad SMARTS) is 1. The SMILES string of the molecule is CCN(C(C)CC(=O)O)C1CSC(C)C1. The highest BCUT2D eigenvalue weighted by Crippen LogP contribution is 2.30. The van der Waals surface area contributed by atoms with Gasteiger partial charge in [0.25, 0.3) is 0 Å². The number of hydrogen-bond donors (Lipinski definition) is 1. The van der Waals surface area contributed by atoms with Crippen LogP contribution in [0.15, 0.2) is 0 Å². The van der Waals surface area contributed by atoms with Crippen LogP contribution in [0.4, 0.5) is 0 Å². The smallest absolute Gasteiger partial charge is 0.304 e. The fraction of sp³-hybridized carbons (Fsp3) is 0.909. The van der Waals surface area contributed by atoms with Crippen molar-refractivity contribution in [1.29, 1.82) is 0 Å². The summed E-state index contributed by atoms with van der Waals surface area (Å²) in [5.41, 5.74) is 0. The molecule has 1 aliphatic heterocycles. The molecule has 1 fully saturated rings. The van der Waals surface area contributed by atoms with Crippen LogP contribution in [0.25, 0.3) is 0 Å². The zero-order valence-electron chi connectivity index (χ0n) is 9.77. The molecule has 15 heavy (non-hydrogen) atoms. The molecule has 0 aromatic carbocycles. The summed E-state index contributed by atoms with van der Waals surface area (Å²) in [5.74, 6) is 0.457. The highest BCUT2D eigenvalue weighted by Gasteiger charge is 2.29. The Labute approximate surface area is 96.2 Å². The van der Waals surface area contributed by atoms with Gasteiger partial charge in [-0.15, -0.1) is 0 Å². The maximum Gasteiger partial charge on any atom is 0.304 e. The number of rotatable bonds is 5. The molecule has 1 aliphatic rings. The van der Waals surface area contributed by atoms with Crippen LogP contribution in [0.2, 0.25) is 0 Å². The van der Waals surface area contributed by atoms with Gasteiger partial charge in [0.15, 0.2) is 0 Å². The van der Waals surface area contributed by atoms with Crippen LogP contribution in [0.1, 0.15) is 33.6 Å². The van der Waals surface area contributed by atoms with Crippen molar-refractivity contribution in [2.45, 2.75) is 50.9 Å². The third-order valence-corrected chi connectivity index (χ3v) is 4.39. The first kappa shape index (κ1) is 12.8. The zero-order valence-corrected chi connectivity index (χ0v) is 10.6. The molecule has 0 spiro atoms. The van der Waals surface area contributed by atoms with E-state index in [0.29, 0.717) is 6.04 Å². The van der Waals surface area contributed by atoms with E-state index in [1.807, 2.05) is 18.7 Å². The Balaban J connectivity index is 2.50. The standard InChI is InChI=1S/C11H21NO2S/c1-4-12(8(2)5-11(13)14)10-6-9(3)15-7-10/h8-10H,4-7H2,1-3H3,(H,13,14). The number of aliphatic carboxylic acids is 1. The maximum atomic E-state index is 10.7. The summed E-state index contributed by atoms with van der Waals surface area (Å²) in [6.07, 6.45) is 1.45. The number of thioether (sulfide) groups is 1. The van der Waals surface area contributed by atoms with Gasteiger partial charge in [-0.05, 0) is 19.9 Å². The molecule has 0 aromatic heterocycles. The van der Waals surface area contributed by atoms with Gasteiger partial charge in [-0.2, -0.15) is 11.8 Å². The van der Waals surface area contributed by atoms with Crippen LogP contribution >= 0.6 is 11.8 Å². The Kier molecular flexibility index (Phi) is 4.93. The van der Waals surface area contributed by atoms with Gasteiger partial charge in [0.2, 0.25) is 0 Å². The number of carboxylic acids is 1. The minimum Gasteiger partial charge on any atom is -0.481 e. The van der Waals surface area contributed by atoms with Crippen molar-refractivity contribution in [2.24, 2.45) is 0 Å². The van der Waals surface area contributed by atoms with E-state index < -0.39 is 5.97 Å². The van der Waals surface area contributed by atoms with Crippen LogP contribution in [0.3, 0.4) is 0 Å². The van der Waals surface area contributed by atoms with Gasteiger partial charge in [0.05, 0.1) is 6.42 Å². The molecule has 0 saturated carbocycles. The first-order valence-electron chi connectivity index (χ1n) is 5.63. The molecule has 4 heteroatoms. The Morgan fingerprint density at radius 3 is 2.73 bits per heavy atom. The van der Waals surface area contributed by atoms with E-state index in [-0.39, 0.29) is 12.5 Å². The van der Waals surface area contributed by atoms with Gasteiger partial charge in [0.1, 0.15) is 0 Å². The van der Waals surface area contributed by atoms with Crippen molar-refractivity contribution >= 4 is 17.7 Å². The second-order valence-corrected chi connectivity index (χ2v) is 5.78. The predicted octanol–water partition coefficient (Wildman–Crippen LogP) is 2.07. The Morgan fingerprint density at radius 1 is 1.67 bits per heavy atom. The van der Waals surface area contributed by atoms with Crippen LogP contribution in [0, 0.1) is 0 Å². The average Bonchev–Trinajstić information content (AvgIpc) is 2.51. The molecule has 0 amide bonds. The summed E-state index contributed by atoms with van der Waals surface area (Å²) in [6.45, 7) is 7.34. The van der Waals surface area contributed by atoms with Crippen LogP contribution in [-0.2, 0) is 4.79 Å². The van der Waals surface area contributed by atoms with Gasteiger partial charge in [-0.1, -0.05) is 13.8 Å². The lowest BCUT2D eigenvalue weighted by Crippen LogP contribution is -2.42. The lowest BCUT2D eigenvalue weighted by molar-refractivity contribution is -0.138. The number of nitrogens with zero attached hydrogens (tertiary/aromatic N) is 1. The van der Waals surface area contributed by atoms with E-state index in [1.165, 1.54) is 6.42 Å². The molecular weight excluding hydrogens is 210 g/mol. The summed E-state index contributed by atoms with van der Waals surface area (Å²) in [4.78, 5) is 13.0. The number of carbonyl (C=O) groups is 1. The van der Waals surface area contributed by atoms with Crippen LogP contribution in [-0.4, -0.2) is 45.6 Å². The summed E-state index contributed by atoms with van der Waals surface area (Å²) in [6, 6.07) is 0.729. The molecule has 3 unspecified atom stereocenters. The van der Waals surface area contributed by atoms with E-state index in [1.54, 1.807) is 0 Å². The topological polar surface area (TPSA) is 40.5 Å². The third-order valence-electron chi connectivity index (χ3n) is 3.05. The molecule has 3 atom stereocenters. The molecular formula is C11H21NO2S. The molecule has 1 rings (SSSR count). The summed E-state index contributed by atoms with van der Waals surface area (Å²) < 4.78 is 0. The Bertz CT molecular complexity index is 223. The van der Waals surface area contributed by atoms with E-state index in [0.717, 1.165) is 17.5 Å². The van der Waals surface area contributed by atoms with E-state index in [2.05, 4.69) is 18.7 Å². The van der Waals surface area contributed by atoms with Crippen molar-refractivity contribution in [3.05, 3.63) is 0 Å².